The van der Waals surface area contributed by atoms with Gasteiger partial charge in [-0.3, -0.25) is 9.48 Å². The van der Waals surface area contributed by atoms with Gasteiger partial charge in [0.1, 0.15) is 5.75 Å². The number of ether oxygens (including phenoxy) is 1. The molecule has 3 aromatic carbocycles. The lowest BCUT2D eigenvalue weighted by atomic mass is 10.1. The number of nitrogens with one attached hydrogen (secondary N) is 1. The van der Waals surface area contributed by atoms with Crippen LogP contribution in [0.2, 0.25) is 0 Å². The molecule has 1 aromatic heterocycles. The molecule has 1 N–H and O–H groups in total. The van der Waals surface area contributed by atoms with Gasteiger partial charge in [0.05, 0.1) is 12.1 Å². The molecule has 10 heteroatoms. The lowest BCUT2D eigenvalue weighted by molar-refractivity contribution is -0.118. The molecule has 0 spiro atoms. The maximum Gasteiger partial charge on any atom is 0.263 e. The van der Waals surface area contributed by atoms with Crippen molar-refractivity contribution < 1.29 is 31.5 Å². The van der Waals surface area contributed by atoms with Crippen LogP contribution in [0.25, 0.3) is 10.8 Å². The molecule has 0 bridgehead atoms. The maximum atomic E-state index is 13.8. The highest BCUT2D eigenvalue weighted by atomic mass is 19.2. The van der Waals surface area contributed by atoms with E-state index in [2.05, 4.69) is 10.4 Å². The van der Waals surface area contributed by atoms with E-state index in [1.165, 1.54) is 12.3 Å². The predicted octanol–water partition coefficient (Wildman–Crippen LogP) is 4.80. The van der Waals surface area contributed by atoms with Crippen LogP contribution in [0.5, 0.6) is 5.75 Å². The van der Waals surface area contributed by atoms with Crippen LogP contribution in [-0.4, -0.2) is 22.3 Å². The van der Waals surface area contributed by atoms with Gasteiger partial charge in [0.15, 0.2) is 35.7 Å². The number of fused-ring (bicyclic) bond motifs is 1. The Balaban J connectivity index is 1.39. The molecular formula is C22H14F5N3O2. The molecule has 32 heavy (non-hydrogen) atoms. The number of nitrogens with zero attached hydrogens (tertiary/aromatic N) is 2. The highest BCUT2D eigenvalue weighted by Gasteiger charge is 2.26. The van der Waals surface area contributed by atoms with Gasteiger partial charge in [0, 0.05) is 12.3 Å². The van der Waals surface area contributed by atoms with E-state index < -0.39 is 47.1 Å². The van der Waals surface area contributed by atoms with Gasteiger partial charge in [0.25, 0.3) is 5.91 Å². The van der Waals surface area contributed by atoms with Crippen LogP contribution < -0.4 is 10.1 Å². The van der Waals surface area contributed by atoms with Crippen LogP contribution in [0.3, 0.4) is 0 Å². The third kappa shape index (κ3) is 4.25. The highest BCUT2D eigenvalue weighted by molar-refractivity contribution is 5.91. The van der Waals surface area contributed by atoms with Crippen LogP contribution in [0.15, 0.2) is 54.7 Å². The zero-order valence-corrected chi connectivity index (χ0v) is 16.2. The number of hydrogen-bond donors (Lipinski definition) is 1. The van der Waals surface area contributed by atoms with Gasteiger partial charge in [-0.05, 0) is 22.9 Å². The van der Waals surface area contributed by atoms with E-state index in [1.807, 2.05) is 30.3 Å². The van der Waals surface area contributed by atoms with E-state index in [0.717, 1.165) is 15.5 Å². The number of carbonyl (C=O) groups excluding carboxylic acids is 1. The second-order valence-corrected chi connectivity index (χ2v) is 6.79. The first-order valence-electron chi connectivity index (χ1n) is 9.28. The molecule has 0 saturated carbocycles. The number of carbonyl (C=O) groups is 1. The molecule has 5 nitrogen and oxygen atoms in total. The van der Waals surface area contributed by atoms with Gasteiger partial charge in [-0.15, -0.1) is 0 Å². The topological polar surface area (TPSA) is 56.1 Å². The monoisotopic (exact) mass is 447 g/mol. The second kappa shape index (κ2) is 8.66. The van der Waals surface area contributed by atoms with Gasteiger partial charge in [0.2, 0.25) is 5.82 Å². The Hall–Kier alpha value is -3.95. The van der Waals surface area contributed by atoms with Crippen molar-refractivity contribution in [2.75, 3.05) is 11.9 Å². The minimum absolute atomic E-state index is 0.0148. The average Bonchev–Trinajstić information content (AvgIpc) is 3.24. The molecule has 0 aliphatic carbocycles. The minimum Gasteiger partial charge on any atom is -0.484 e. The number of benzene rings is 3. The van der Waals surface area contributed by atoms with Gasteiger partial charge in [-0.2, -0.15) is 5.10 Å². The summed E-state index contributed by atoms with van der Waals surface area (Å²) >= 11 is 0. The minimum atomic E-state index is -2.23. The molecule has 0 saturated heterocycles. The van der Waals surface area contributed by atoms with Gasteiger partial charge in [-0.25, -0.2) is 22.0 Å². The number of aromatic nitrogens is 2. The second-order valence-electron chi connectivity index (χ2n) is 6.79. The Kier molecular flexibility index (Phi) is 5.76. The summed E-state index contributed by atoms with van der Waals surface area (Å²) in [5.74, 6) is -10.2. The molecule has 4 aromatic rings. The molecule has 0 radical (unpaired) electrons. The van der Waals surface area contributed by atoms with Gasteiger partial charge >= 0.3 is 0 Å². The lowest BCUT2D eigenvalue weighted by Crippen LogP contribution is -2.20. The Morgan fingerprint density at radius 3 is 2.25 bits per heavy atom. The lowest BCUT2D eigenvalue weighted by Gasteiger charge is -2.08. The van der Waals surface area contributed by atoms with E-state index in [-0.39, 0.29) is 12.4 Å². The third-order valence-corrected chi connectivity index (χ3v) is 4.62. The number of hydrogen-bond acceptors (Lipinski definition) is 3. The zero-order chi connectivity index (χ0) is 22.8. The van der Waals surface area contributed by atoms with E-state index in [1.54, 1.807) is 12.1 Å². The number of rotatable bonds is 6. The Bertz CT molecular complexity index is 1290. The van der Waals surface area contributed by atoms with Crippen LogP contribution >= 0.6 is 0 Å². The summed E-state index contributed by atoms with van der Waals surface area (Å²) in [5.41, 5.74) is -1.04. The summed E-state index contributed by atoms with van der Waals surface area (Å²) in [7, 11) is 0. The molecule has 1 amide bonds. The molecule has 0 aliphatic rings. The van der Waals surface area contributed by atoms with Crippen molar-refractivity contribution in [2.45, 2.75) is 6.54 Å². The molecule has 0 unspecified atom stereocenters. The van der Waals surface area contributed by atoms with Gasteiger partial charge in [-0.1, -0.05) is 30.3 Å². The fourth-order valence-corrected chi connectivity index (χ4v) is 3.05. The van der Waals surface area contributed by atoms with Crippen LogP contribution in [0.4, 0.5) is 27.8 Å². The summed E-state index contributed by atoms with van der Waals surface area (Å²) in [6, 6.07) is 14.3. The summed E-state index contributed by atoms with van der Waals surface area (Å²) in [6.07, 6.45) is 1.22. The Labute approximate surface area is 178 Å². The van der Waals surface area contributed by atoms with Gasteiger partial charge < -0.3 is 10.1 Å². The molecule has 4 rings (SSSR count). The van der Waals surface area contributed by atoms with E-state index >= 15 is 0 Å². The number of anilines is 1. The zero-order valence-electron chi connectivity index (χ0n) is 16.2. The number of amides is 1. The van der Waals surface area contributed by atoms with Crippen LogP contribution in [0.1, 0.15) is 5.56 Å². The first-order chi connectivity index (χ1) is 15.3. The van der Waals surface area contributed by atoms with Crippen molar-refractivity contribution in [3.05, 3.63) is 89.4 Å². The van der Waals surface area contributed by atoms with Crippen LogP contribution in [0, 0.1) is 29.1 Å². The van der Waals surface area contributed by atoms with Crippen LogP contribution in [-0.2, 0) is 11.3 Å². The first-order valence-corrected chi connectivity index (χ1v) is 9.28. The van der Waals surface area contributed by atoms with E-state index in [4.69, 9.17) is 4.74 Å². The Morgan fingerprint density at radius 1 is 0.875 bits per heavy atom. The fraction of sp³-hybridized carbons (Fsp3) is 0.0909. The molecule has 1 heterocycles. The first kappa shape index (κ1) is 21.3. The summed E-state index contributed by atoms with van der Waals surface area (Å²) in [4.78, 5) is 12.1. The summed E-state index contributed by atoms with van der Waals surface area (Å²) in [5, 5.41) is 8.25. The van der Waals surface area contributed by atoms with Crippen molar-refractivity contribution >= 4 is 22.5 Å². The van der Waals surface area contributed by atoms with Crippen molar-refractivity contribution in [3.8, 4) is 5.75 Å². The smallest absolute Gasteiger partial charge is 0.263 e. The average molecular weight is 447 g/mol. The van der Waals surface area contributed by atoms with E-state index in [9.17, 15) is 26.7 Å². The van der Waals surface area contributed by atoms with E-state index in [0.29, 0.717) is 5.75 Å². The molecule has 0 aliphatic heterocycles. The predicted molar refractivity (Wildman–Crippen MR) is 106 cm³/mol. The highest BCUT2D eigenvalue weighted by Crippen LogP contribution is 2.24. The standard InChI is InChI=1S/C22H14F5N3O2/c23-18-15(19(24)21(26)22(27)20(18)25)10-30-8-7-16(29-30)28-17(31)11-32-14-6-5-12-3-1-2-4-13(12)9-14/h1-9H,10-11H2,(H,28,29,31). The van der Waals surface area contributed by atoms with Crippen molar-refractivity contribution in [1.29, 1.82) is 0 Å². The largest absolute Gasteiger partial charge is 0.484 e. The summed E-state index contributed by atoms with van der Waals surface area (Å²) < 4.78 is 73.8. The Morgan fingerprint density at radius 2 is 1.53 bits per heavy atom. The molecule has 0 fully saturated rings. The third-order valence-electron chi connectivity index (χ3n) is 4.62. The van der Waals surface area contributed by atoms with Crippen molar-refractivity contribution in [1.82, 2.24) is 9.78 Å². The molecule has 0 atom stereocenters. The normalized spacial score (nSPS) is 11.0. The van der Waals surface area contributed by atoms with Crippen molar-refractivity contribution in [2.24, 2.45) is 0 Å². The molecular weight excluding hydrogens is 433 g/mol. The van der Waals surface area contributed by atoms with Crippen molar-refractivity contribution in [3.63, 3.8) is 0 Å². The fourth-order valence-electron chi connectivity index (χ4n) is 3.05. The maximum absolute atomic E-state index is 13.8. The summed E-state index contributed by atoms with van der Waals surface area (Å²) in [6.45, 7) is -1.06. The SMILES string of the molecule is O=C(COc1ccc2ccccc2c1)Nc1ccn(Cc2c(F)c(F)c(F)c(F)c2F)n1. The number of halogens is 5. The quantitative estimate of drug-likeness (QED) is 0.263. The molecule has 164 valence electrons.